The topological polar surface area (TPSA) is 96.5 Å². The van der Waals surface area contributed by atoms with Gasteiger partial charge in [0.25, 0.3) is 5.91 Å². The number of hydrogen-bond acceptors (Lipinski definition) is 4. The van der Waals surface area contributed by atoms with Crippen LogP contribution in [-0.2, 0) is 17.6 Å². The molecule has 0 spiro atoms. The maximum Gasteiger partial charge on any atom is 0.308 e. The Morgan fingerprint density at radius 2 is 2.19 bits per heavy atom. The number of amides is 1. The summed E-state index contributed by atoms with van der Waals surface area (Å²) in [6.07, 6.45) is 3.44. The van der Waals surface area contributed by atoms with Crippen molar-refractivity contribution in [2.45, 2.75) is 38.6 Å². The molecule has 1 aliphatic heterocycles. The summed E-state index contributed by atoms with van der Waals surface area (Å²) >= 11 is 0. The minimum Gasteiger partial charge on any atom is -0.481 e. The second-order valence-corrected chi connectivity index (χ2v) is 5.85. The van der Waals surface area contributed by atoms with Gasteiger partial charge in [0.1, 0.15) is 5.82 Å². The van der Waals surface area contributed by atoms with Crippen molar-refractivity contribution in [3.05, 3.63) is 22.9 Å². The van der Waals surface area contributed by atoms with Gasteiger partial charge in [-0.25, -0.2) is 4.98 Å². The van der Waals surface area contributed by atoms with Crippen molar-refractivity contribution >= 4 is 17.7 Å². The molecule has 0 aromatic carbocycles. The number of carboxylic acid groups (broad SMARTS) is 1. The Morgan fingerprint density at radius 1 is 1.43 bits per heavy atom. The van der Waals surface area contributed by atoms with E-state index in [1.807, 2.05) is 17.9 Å². The number of carbonyl (C=O) groups is 2. The Morgan fingerprint density at radius 3 is 2.81 bits per heavy atom. The Balaban J connectivity index is 2.02. The number of primary amides is 1. The average Bonchev–Trinajstić information content (AvgIpc) is 3.02. The molecule has 21 heavy (non-hydrogen) atoms. The smallest absolute Gasteiger partial charge is 0.308 e. The first-order chi connectivity index (χ1) is 9.99. The molecular formula is C15H19N3O3. The van der Waals surface area contributed by atoms with Gasteiger partial charge in [-0.15, -0.1) is 0 Å². The van der Waals surface area contributed by atoms with Crippen molar-refractivity contribution in [3.8, 4) is 0 Å². The number of aromatic nitrogens is 1. The lowest BCUT2D eigenvalue weighted by Crippen LogP contribution is -2.35. The van der Waals surface area contributed by atoms with Gasteiger partial charge in [-0.2, -0.15) is 0 Å². The molecule has 1 amide bonds. The first-order valence-electron chi connectivity index (χ1n) is 7.31. The summed E-state index contributed by atoms with van der Waals surface area (Å²) in [5.74, 6) is -1.18. The Bertz CT molecular complexity index is 614. The lowest BCUT2D eigenvalue weighted by molar-refractivity contribution is -0.141. The predicted octanol–water partition coefficient (Wildman–Crippen LogP) is 0.969. The van der Waals surface area contributed by atoms with Crippen LogP contribution < -0.4 is 10.6 Å². The van der Waals surface area contributed by atoms with E-state index in [2.05, 4.69) is 4.98 Å². The number of nitrogens with zero attached hydrogens (tertiary/aromatic N) is 2. The Hall–Kier alpha value is -2.11. The molecule has 2 aliphatic rings. The second kappa shape index (κ2) is 5.02. The lowest BCUT2D eigenvalue weighted by atomic mass is 10.0. The number of hydrogen-bond donors (Lipinski definition) is 2. The molecule has 1 aromatic heterocycles. The first-order valence-corrected chi connectivity index (χ1v) is 7.31. The zero-order valence-corrected chi connectivity index (χ0v) is 12.0. The molecule has 0 bridgehead atoms. The highest BCUT2D eigenvalue weighted by molar-refractivity contribution is 5.98. The van der Waals surface area contributed by atoms with E-state index in [-0.39, 0.29) is 6.04 Å². The number of nitrogens with two attached hydrogens (primary N) is 1. The standard InChI is InChI=1S/C15H19N3O3/c1-8-10(15(20)21)5-6-18(8)14-11(13(16)19)7-9-3-2-4-12(9)17-14/h7-8,10H,2-6H2,1H3,(H2,16,19)(H,20,21). The Kier molecular flexibility index (Phi) is 3.31. The number of anilines is 1. The number of aliphatic carboxylic acids is 1. The third-order valence-corrected chi connectivity index (χ3v) is 4.64. The van der Waals surface area contributed by atoms with Crippen LogP contribution in [-0.4, -0.2) is 34.6 Å². The van der Waals surface area contributed by atoms with Crippen molar-refractivity contribution in [1.29, 1.82) is 0 Å². The number of aryl methyl sites for hydroxylation is 2. The van der Waals surface area contributed by atoms with E-state index < -0.39 is 17.8 Å². The van der Waals surface area contributed by atoms with E-state index in [4.69, 9.17) is 5.73 Å². The fraction of sp³-hybridized carbons (Fsp3) is 0.533. The van der Waals surface area contributed by atoms with Gasteiger partial charge in [0.15, 0.2) is 0 Å². The van der Waals surface area contributed by atoms with E-state index in [9.17, 15) is 14.7 Å². The molecule has 112 valence electrons. The first kappa shape index (κ1) is 13.9. The summed E-state index contributed by atoms with van der Waals surface area (Å²) in [6, 6.07) is 1.65. The summed E-state index contributed by atoms with van der Waals surface area (Å²) in [6.45, 7) is 2.45. The van der Waals surface area contributed by atoms with Crippen LogP contribution in [0.25, 0.3) is 0 Å². The molecule has 6 heteroatoms. The molecule has 2 unspecified atom stereocenters. The third kappa shape index (κ3) is 2.24. The molecule has 2 atom stereocenters. The van der Waals surface area contributed by atoms with Crippen LogP contribution in [0.1, 0.15) is 41.4 Å². The van der Waals surface area contributed by atoms with Crippen LogP contribution in [0.5, 0.6) is 0 Å². The number of carboxylic acids is 1. The highest BCUT2D eigenvalue weighted by atomic mass is 16.4. The van der Waals surface area contributed by atoms with Crippen molar-refractivity contribution < 1.29 is 14.7 Å². The molecule has 1 aromatic rings. The van der Waals surface area contributed by atoms with Gasteiger partial charge in [0.2, 0.25) is 0 Å². The summed E-state index contributed by atoms with van der Waals surface area (Å²) in [4.78, 5) is 29.5. The van der Waals surface area contributed by atoms with E-state index in [1.165, 1.54) is 0 Å². The van der Waals surface area contributed by atoms with Crippen LogP contribution in [0.15, 0.2) is 6.07 Å². The van der Waals surface area contributed by atoms with Crippen molar-refractivity contribution in [1.82, 2.24) is 4.98 Å². The molecule has 1 fully saturated rings. The maximum atomic E-state index is 11.7. The Labute approximate surface area is 123 Å². The fourth-order valence-electron chi connectivity index (χ4n) is 3.43. The highest BCUT2D eigenvalue weighted by Crippen LogP contribution is 2.33. The third-order valence-electron chi connectivity index (χ3n) is 4.64. The summed E-state index contributed by atoms with van der Waals surface area (Å²) in [5, 5.41) is 9.24. The molecule has 2 heterocycles. The minimum atomic E-state index is -0.799. The quantitative estimate of drug-likeness (QED) is 0.864. The SMILES string of the molecule is CC1C(C(=O)O)CCN1c1nc2c(cc1C(N)=O)CCC2. The van der Waals surface area contributed by atoms with Gasteiger partial charge in [0, 0.05) is 18.3 Å². The van der Waals surface area contributed by atoms with Gasteiger partial charge < -0.3 is 15.7 Å². The van der Waals surface area contributed by atoms with Gasteiger partial charge in [-0.1, -0.05) is 0 Å². The molecule has 6 nitrogen and oxygen atoms in total. The van der Waals surface area contributed by atoms with Crippen LogP contribution in [0.3, 0.4) is 0 Å². The minimum absolute atomic E-state index is 0.187. The molecule has 1 saturated heterocycles. The van der Waals surface area contributed by atoms with Crippen LogP contribution in [0.2, 0.25) is 0 Å². The largest absolute Gasteiger partial charge is 0.481 e. The molecule has 0 radical (unpaired) electrons. The molecular weight excluding hydrogens is 270 g/mol. The van der Waals surface area contributed by atoms with Gasteiger partial charge in [-0.3, -0.25) is 9.59 Å². The molecule has 0 saturated carbocycles. The van der Waals surface area contributed by atoms with E-state index >= 15 is 0 Å². The molecule has 1 aliphatic carbocycles. The van der Waals surface area contributed by atoms with E-state index in [0.29, 0.717) is 24.3 Å². The number of rotatable bonds is 3. The zero-order chi connectivity index (χ0) is 15.1. The number of fused-ring (bicyclic) bond motifs is 1. The monoisotopic (exact) mass is 289 g/mol. The highest BCUT2D eigenvalue weighted by Gasteiger charge is 2.38. The molecule has 3 rings (SSSR count). The van der Waals surface area contributed by atoms with E-state index in [0.717, 1.165) is 30.5 Å². The predicted molar refractivity (Wildman–Crippen MR) is 77.3 cm³/mol. The number of carbonyl (C=O) groups excluding carboxylic acids is 1. The second-order valence-electron chi connectivity index (χ2n) is 5.85. The summed E-state index contributed by atoms with van der Waals surface area (Å²) in [5.41, 5.74) is 8.01. The summed E-state index contributed by atoms with van der Waals surface area (Å²) in [7, 11) is 0. The van der Waals surface area contributed by atoms with Gasteiger partial charge in [0.05, 0.1) is 11.5 Å². The van der Waals surface area contributed by atoms with Crippen molar-refractivity contribution in [2.24, 2.45) is 11.7 Å². The zero-order valence-electron chi connectivity index (χ0n) is 12.0. The average molecular weight is 289 g/mol. The van der Waals surface area contributed by atoms with Gasteiger partial charge >= 0.3 is 5.97 Å². The van der Waals surface area contributed by atoms with Crippen molar-refractivity contribution in [2.75, 3.05) is 11.4 Å². The number of pyridine rings is 1. The van der Waals surface area contributed by atoms with Crippen LogP contribution in [0, 0.1) is 5.92 Å². The summed E-state index contributed by atoms with van der Waals surface area (Å²) < 4.78 is 0. The normalized spacial score (nSPS) is 24.1. The van der Waals surface area contributed by atoms with Crippen molar-refractivity contribution in [3.63, 3.8) is 0 Å². The van der Waals surface area contributed by atoms with Crippen LogP contribution in [0.4, 0.5) is 5.82 Å². The van der Waals surface area contributed by atoms with Crippen LogP contribution >= 0.6 is 0 Å². The lowest BCUT2D eigenvalue weighted by Gasteiger charge is -2.26. The van der Waals surface area contributed by atoms with E-state index in [1.54, 1.807) is 0 Å². The molecule has 3 N–H and O–H groups in total. The van der Waals surface area contributed by atoms with Gasteiger partial charge in [-0.05, 0) is 44.2 Å². The fourth-order valence-corrected chi connectivity index (χ4v) is 3.43. The maximum absolute atomic E-state index is 11.7.